The van der Waals surface area contributed by atoms with E-state index >= 15 is 0 Å². The third-order valence-electron chi connectivity index (χ3n) is 4.33. The van der Waals surface area contributed by atoms with Crippen molar-refractivity contribution >= 4 is 34.0 Å². The van der Waals surface area contributed by atoms with Crippen molar-refractivity contribution in [2.75, 3.05) is 0 Å². The molecule has 0 unspecified atom stereocenters. The van der Waals surface area contributed by atoms with Crippen molar-refractivity contribution in [3.8, 4) is 0 Å². The van der Waals surface area contributed by atoms with Gasteiger partial charge in [-0.1, -0.05) is 109 Å². The van der Waals surface area contributed by atoms with Crippen LogP contribution in [0.1, 0.15) is 5.56 Å². The van der Waals surface area contributed by atoms with E-state index in [0.717, 1.165) is 0 Å². The fourth-order valence-corrected chi connectivity index (χ4v) is 5.86. The van der Waals surface area contributed by atoms with Crippen LogP contribution in [0, 0.1) is 6.92 Å². The molecule has 0 atom stereocenters. The van der Waals surface area contributed by atoms with Gasteiger partial charge in [0.2, 0.25) is 0 Å². The monoisotopic (exact) mass is 434 g/mol. The summed E-state index contributed by atoms with van der Waals surface area (Å²) in [6.07, 6.45) is 0. The van der Waals surface area contributed by atoms with Gasteiger partial charge in [0.1, 0.15) is 0 Å². The van der Waals surface area contributed by atoms with Gasteiger partial charge in [0.25, 0.3) is 10.1 Å². The number of rotatable bonds is 4. The van der Waals surface area contributed by atoms with Gasteiger partial charge < -0.3 is 0 Å². The molecule has 0 radical (unpaired) electrons. The van der Waals surface area contributed by atoms with Crippen molar-refractivity contribution in [1.29, 1.82) is 0 Å². The highest BCUT2D eigenvalue weighted by molar-refractivity contribution is 7.85. The van der Waals surface area contributed by atoms with Gasteiger partial charge in [0, 0.05) is 0 Å². The third-order valence-corrected chi connectivity index (χ3v) is 7.62. The van der Waals surface area contributed by atoms with Gasteiger partial charge in [-0.2, -0.15) is 8.42 Å². The van der Waals surface area contributed by atoms with Gasteiger partial charge in [-0.15, -0.1) is 0 Å². The maximum Gasteiger partial charge on any atom is 0.294 e. The summed E-state index contributed by atoms with van der Waals surface area (Å²) in [5.74, 6) is 0. The molecule has 0 bridgehead atoms. The first kappa shape index (κ1) is 21.9. The summed E-state index contributed by atoms with van der Waals surface area (Å²) in [5, 5.41) is 4.22. The van der Waals surface area contributed by atoms with E-state index in [2.05, 4.69) is 91.9 Å². The minimum atomic E-state index is -4.00. The Morgan fingerprint density at radius 3 is 1.43 bits per heavy atom. The average molecular weight is 434 g/mol. The molecule has 152 valence electrons. The van der Waals surface area contributed by atoms with Crippen molar-refractivity contribution in [1.82, 2.24) is 0 Å². The molecule has 0 heterocycles. The minimum Gasteiger partial charge on any atom is -0.282 e. The molecule has 1 N–H and O–H groups in total. The molecule has 0 aliphatic rings. The highest BCUT2D eigenvalue weighted by atomic mass is 32.2. The molecule has 0 aliphatic carbocycles. The normalized spacial score (nSPS) is 10.9. The van der Waals surface area contributed by atoms with Crippen molar-refractivity contribution < 1.29 is 13.0 Å². The van der Waals surface area contributed by atoms with E-state index in [4.69, 9.17) is 4.55 Å². The second-order valence-corrected chi connectivity index (χ2v) is 10.3. The first-order valence-electron chi connectivity index (χ1n) is 9.44. The first-order chi connectivity index (χ1) is 14.4. The highest BCUT2D eigenvalue weighted by Gasteiger charge is 2.15. The molecule has 30 heavy (non-hydrogen) atoms. The molecule has 3 nitrogen and oxygen atoms in total. The lowest BCUT2D eigenvalue weighted by Crippen LogP contribution is -2.20. The van der Waals surface area contributed by atoms with Crippen molar-refractivity contribution in [2.45, 2.75) is 11.8 Å². The van der Waals surface area contributed by atoms with E-state index in [1.807, 2.05) is 0 Å². The Labute approximate surface area is 179 Å². The fourth-order valence-electron chi connectivity index (χ4n) is 2.96. The zero-order valence-electron chi connectivity index (χ0n) is 16.6. The molecule has 0 fully saturated rings. The van der Waals surface area contributed by atoms with Gasteiger partial charge in [-0.25, -0.2) is 0 Å². The summed E-state index contributed by atoms with van der Waals surface area (Å²) in [7, 11) is -4.47. The summed E-state index contributed by atoms with van der Waals surface area (Å²) >= 11 is 0. The Bertz CT molecular complexity index is 1120. The number of hydrogen-bond acceptors (Lipinski definition) is 2. The largest absolute Gasteiger partial charge is 0.294 e. The summed E-state index contributed by atoms with van der Waals surface area (Å²) < 4.78 is 29.2. The first-order valence-corrected chi connectivity index (χ1v) is 12.2. The summed E-state index contributed by atoms with van der Waals surface area (Å²) in [5.41, 5.74) is 1.32. The zero-order chi connectivity index (χ0) is 21.4. The average Bonchev–Trinajstić information content (AvgIpc) is 2.76. The summed E-state index contributed by atoms with van der Waals surface area (Å²) in [4.78, 5) is -0.0741. The van der Waals surface area contributed by atoms with Crippen LogP contribution < -0.4 is 15.9 Å². The van der Waals surface area contributed by atoms with Crippen molar-refractivity contribution in [2.24, 2.45) is 0 Å². The van der Waals surface area contributed by atoms with E-state index in [9.17, 15) is 8.42 Å². The predicted molar refractivity (Wildman–Crippen MR) is 126 cm³/mol. The third kappa shape index (κ3) is 6.11. The number of hydrogen-bond donors (Lipinski definition) is 1. The van der Waals surface area contributed by atoms with Crippen LogP contribution in [0.3, 0.4) is 0 Å². The number of aryl methyl sites for hydroxylation is 1. The van der Waals surface area contributed by atoms with Gasteiger partial charge in [-0.05, 0) is 42.9 Å². The minimum absolute atomic E-state index is 0.0741. The van der Waals surface area contributed by atoms with E-state index in [1.54, 1.807) is 18.2 Å². The summed E-state index contributed by atoms with van der Waals surface area (Å²) in [6.45, 7) is 2.16. The molecular weight excluding hydrogens is 411 g/mol. The lowest BCUT2D eigenvalue weighted by atomic mass is 10.2. The van der Waals surface area contributed by atoms with Gasteiger partial charge in [0.15, 0.2) is 0 Å². The van der Waals surface area contributed by atoms with Crippen LogP contribution in [0.5, 0.6) is 0 Å². The maximum absolute atomic E-state index is 10.4. The molecule has 0 amide bonds. The Balaban J connectivity index is 0.000000216. The Morgan fingerprint density at radius 2 is 1.03 bits per heavy atom. The van der Waals surface area contributed by atoms with Crippen molar-refractivity contribution in [3.63, 3.8) is 0 Å². The second kappa shape index (κ2) is 10.3. The van der Waals surface area contributed by atoms with Crippen LogP contribution in [-0.2, 0) is 10.1 Å². The molecule has 0 spiro atoms. The molecular formula is C25H23O3PS. The molecule has 4 rings (SSSR count). The SMILES string of the molecule is Cc1cccc(P(c2ccccc2)c2ccccc2)c1.O=S(=O)(O)c1ccccc1. The predicted octanol–water partition coefficient (Wildman–Crippen LogP) is 4.69. The Morgan fingerprint density at radius 1 is 0.600 bits per heavy atom. The summed E-state index contributed by atoms with van der Waals surface area (Å²) in [6, 6.07) is 37.9. The van der Waals surface area contributed by atoms with Crippen LogP contribution in [0.4, 0.5) is 0 Å². The zero-order valence-corrected chi connectivity index (χ0v) is 18.3. The molecule has 0 aliphatic heterocycles. The molecule has 4 aromatic carbocycles. The topological polar surface area (TPSA) is 54.4 Å². The molecule has 5 heteroatoms. The molecule has 0 saturated heterocycles. The maximum atomic E-state index is 10.4. The highest BCUT2D eigenvalue weighted by Crippen LogP contribution is 2.32. The van der Waals surface area contributed by atoms with Crippen LogP contribution in [0.15, 0.2) is 120 Å². The van der Waals surface area contributed by atoms with E-state index in [-0.39, 0.29) is 4.90 Å². The molecule has 4 aromatic rings. The smallest absolute Gasteiger partial charge is 0.282 e. The van der Waals surface area contributed by atoms with E-state index in [0.29, 0.717) is 0 Å². The van der Waals surface area contributed by atoms with Crippen molar-refractivity contribution in [3.05, 3.63) is 121 Å². The quantitative estimate of drug-likeness (QED) is 0.375. The van der Waals surface area contributed by atoms with Gasteiger partial charge in [0.05, 0.1) is 4.90 Å². The fraction of sp³-hybridized carbons (Fsp3) is 0.0400. The standard InChI is InChI=1S/C19H17P.C6H6O3S/c1-16-9-8-14-19(15-16)20(17-10-4-2-5-11-17)18-12-6-3-7-13-18;7-10(8,9)6-4-2-1-3-5-6/h2-15H,1H3;1-5H,(H,7,8,9). The van der Waals surface area contributed by atoms with Crippen LogP contribution in [0.2, 0.25) is 0 Å². The number of benzene rings is 4. The molecule has 0 saturated carbocycles. The Kier molecular flexibility index (Phi) is 7.53. The van der Waals surface area contributed by atoms with E-state index < -0.39 is 18.0 Å². The lowest BCUT2D eigenvalue weighted by Gasteiger charge is -2.19. The van der Waals surface area contributed by atoms with Crippen LogP contribution in [0.25, 0.3) is 0 Å². The Hall–Kier alpha value is -2.78. The van der Waals surface area contributed by atoms with E-state index in [1.165, 1.54) is 33.6 Å². The van der Waals surface area contributed by atoms with Crippen LogP contribution >= 0.6 is 7.92 Å². The second-order valence-electron chi connectivity index (χ2n) is 6.63. The van der Waals surface area contributed by atoms with Gasteiger partial charge in [-0.3, -0.25) is 4.55 Å². The van der Waals surface area contributed by atoms with Crippen LogP contribution in [-0.4, -0.2) is 13.0 Å². The lowest BCUT2D eigenvalue weighted by molar-refractivity contribution is 0.483. The van der Waals surface area contributed by atoms with Gasteiger partial charge >= 0.3 is 0 Å². The molecule has 0 aromatic heterocycles.